The summed E-state index contributed by atoms with van der Waals surface area (Å²) in [6, 6.07) is 0.393. The van der Waals surface area contributed by atoms with Crippen LogP contribution < -0.4 is 0 Å². The number of nitrogens with zero attached hydrogens (tertiary/aromatic N) is 1. The van der Waals surface area contributed by atoms with Crippen LogP contribution in [0.1, 0.15) is 45.4 Å². The SMILES string of the molecule is CC1CCN(C(=O)CCC2CCCCO2)C1CBr. The molecule has 104 valence electrons. The molecule has 0 spiro atoms. The molecular formula is C14H24BrNO2. The number of ether oxygens (including phenoxy) is 1. The molecule has 0 aromatic rings. The molecule has 0 aromatic heterocycles. The maximum Gasteiger partial charge on any atom is 0.222 e. The van der Waals surface area contributed by atoms with E-state index in [1.54, 1.807) is 0 Å². The third-order valence-corrected chi connectivity index (χ3v) is 4.98. The lowest BCUT2D eigenvalue weighted by atomic mass is 10.0. The van der Waals surface area contributed by atoms with Crippen molar-refractivity contribution in [1.82, 2.24) is 4.90 Å². The summed E-state index contributed by atoms with van der Waals surface area (Å²) in [5, 5.41) is 0.903. The number of hydrogen-bond donors (Lipinski definition) is 0. The van der Waals surface area contributed by atoms with Crippen molar-refractivity contribution in [2.24, 2.45) is 5.92 Å². The van der Waals surface area contributed by atoms with Crippen molar-refractivity contribution in [3.05, 3.63) is 0 Å². The number of carbonyl (C=O) groups is 1. The van der Waals surface area contributed by atoms with Crippen LogP contribution in [0.4, 0.5) is 0 Å². The average molecular weight is 318 g/mol. The quantitative estimate of drug-likeness (QED) is 0.746. The Morgan fingerprint density at radius 3 is 2.89 bits per heavy atom. The third kappa shape index (κ3) is 3.47. The summed E-state index contributed by atoms with van der Waals surface area (Å²) in [6.07, 6.45) is 6.58. The van der Waals surface area contributed by atoms with Gasteiger partial charge in [0.15, 0.2) is 0 Å². The summed E-state index contributed by atoms with van der Waals surface area (Å²) in [4.78, 5) is 14.3. The lowest BCUT2D eigenvalue weighted by Gasteiger charge is -2.27. The number of halogens is 1. The molecule has 0 aromatic carbocycles. The van der Waals surface area contributed by atoms with Crippen molar-refractivity contribution < 1.29 is 9.53 Å². The number of rotatable bonds is 4. The van der Waals surface area contributed by atoms with Gasteiger partial charge in [0, 0.05) is 30.9 Å². The minimum absolute atomic E-state index is 0.318. The molecule has 3 nitrogen and oxygen atoms in total. The molecule has 2 fully saturated rings. The van der Waals surface area contributed by atoms with Gasteiger partial charge in [0.05, 0.1) is 6.10 Å². The minimum Gasteiger partial charge on any atom is -0.378 e. The Morgan fingerprint density at radius 1 is 1.39 bits per heavy atom. The summed E-state index contributed by atoms with van der Waals surface area (Å²) in [6.45, 7) is 4.05. The Morgan fingerprint density at radius 2 is 2.22 bits per heavy atom. The first-order valence-electron chi connectivity index (χ1n) is 7.19. The summed E-state index contributed by atoms with van der Waals surface area (Å²) in [7, 11) is 0. The molecular weight excluding hydrogens is 294 g/mol. The fourth-order valence-electron chi connectivity index (χ4n) is 3.02. The van der Waals surface area contributed by atoms with E-state index in [1.807, 2.05) is 0 Å². The zero-order valence-electron chi connectivity index (χ0n) is 11.2. The summed E-state index contributed by atoms with van der Waals surface area (Å²) >= 11 is 3.53. The maximum absolute atomic E-state index is 12.3. The van der Waals surface area contributed by atoms with Crippen LogP contribution in [0.3, 0.4) is 0 Å². The molecule has 2 saturated heterocycles. The molecule has 0 aliphatic carbocycles. The van der Waals surface area contributed by atoms with E-state index in [1.165, 1.54) is 12.8 Å². The summed E-state index contributed by atoms with van der Waals surface area (Å²) in [5.41, 5.74) is 0. The monoisotopic (exact) mass is 317 g/mol. The molecule has 2 heterocycles. The molecule has 1 amide bonds. The molecule has 4 heteroatoms. The van der Waals surface area contributed by atoms with Gasteiger partial charge in [-0.05, 0) is 38.0 Å². The molecule has 0 N–H and O–H groups in total. The van der Waals surface area contributed by atoms with E-state index in [-0.39, 0.29) is 0 Å². The normalized spacial score (nSPS) is 32.8. The van der Waals surface area contributed by atoms with Gasteiger partial charge in [-0.3, -0.25) is 4.79 Å². The second kappa shape index (κ2) is 6.90. The Hall–Kier alpha value is -0.0900. The van der Waals surface area contributed by atoms with Crippen LogP contribution in [0.15, 0.2) is 0 Å². The largest absolute Gasteiger partial charge is 0.378 e. The van der Waals surface area contributed by atoms with E-state index in [2.05, 4.69) is 27.8 Å². The first-order chi connectivity index (χ1) is 8.72. The molecule has 2 aliphatic rings. The molecule has 2 aliphatic heterocycles. The number of hydrogen-bond acceptors (Lipinski definition) is 2. The van der Waals surface area contributed by atoms with Gasteiger partial charge in [-0.15, -0.1) is 0 Å². The lowest BCUT2D eigenvalue weighted by Crippen LogP contribution is -2.39. The van der Waals surface area contributed by atoms with Crippen LogP contribution in [0, 0.1) is 5.92 Å². The van der Waals surface area contributed by atoms with Crippen LogP contribution in [0.2, 0.25) is 0 Å². The van der Waals surface area contributed by atoms with Crippen molar-refractivity contribution in [1.29, 1.82) is 0 Å². The van der Waals surface area contributed by atoms with E-state index < -0.39 is 0 Å². The fourth-order valence-corrected chi connectivity index (χ4v) is 4.00. The second-order valence-corrected chi connectivity index (χ2v) is 6.25. The standard InChI is InChI=1S/C14H24BrNO2/c1-11-7-8-16(13(11)10-15)14(17)6-5-12-4-2-3-9-18-12/h11-13H,2-10H2,1H3. The van der Waals surface area contributed by atoms with Gasteiger partial charge in [-0.2, -0.15) is 0 Å². The van der Waals surface area contributed by atoms with Crippen LogP contribution >= 0.6 is 15.9 Å². The van der Waals surface area contributed by atoms with E-state index in [4.69, 9.17) is 4.74 Å². The van der Waals surface area contributed by atoms with Gasteiger partial charge in [0.25, 0.3) is 0 Å². The Bertz CT molecular complexity index is 279. The minimum atomic E-state index is 0.318. The second-order valence-electron chi connectivity index (χ2n) is 5.60. The Balaban J connectivity index is 1.77. The summed E-state index contributed by atoms with van der Waals surface area (Å²) < 4.78 is 5.69. The van der Waals surface area contributed by atoms with Crippen LogP contribution in [-0.4, -0.2) is 41.4 Å². The molecule has 0 radical (unpaired) electrons. The highest BCUT2D eigenvalue weighted by molar-refractivity contribution is 9.09. The average Bonchev–Trinajstić information content (AvgIpc) is 2.78. The summed E-state index contributed by atoms with van der Waals surface area (Å²) in [5.74, 6) is 0.942. The third-order valence-electron chi connectivity index (χ3n) is 4.32. The van der Waals surface area contributed by atoms with E-state index >= 15 is 0 Å². The van der Waals surface area contributed by atoms with Crippen molar-refractivity contribution >= 4 is 21.8 Å². The molecule has 3 unspecified atom stereocenters. The lowest BCUT2D eigenvalue weighted by molar-refractivity contribution is -0.132. The fraction of sp³-hybridized carbons (Fsp3) is 0.929. The molecule has 3 atom stereocenters. The van der Waals surface area contributed by atoms with E-state index in [9.17, 15) is 4.79 Å². The molecule has 18 heavy (non-hydrogen) atoms. The van der Waals surface area contributed by atoms with Crippen molar-refractivity contribution in [2.45, 2.75) is 57.6 Å². The topological polar surface area (TPSA) is 29.5 Å². The Kier molecular flexibility index (Phi) is 5.49. The number of likely N-dealkylation sites (tertiary alicyclic amines) is 1. The predicted molar refractivity (Wildman–Crippen MR) is 75.9 cm³/mol. The number of carbonyl (C=O) groups excluding carboxylic acids is 1. The van der Waals surface area contributed by atoms with Gasteiger partial charge in [0.1, 0.15) is 0 Å². The van der Waals surface area contributed by atoms with Crippen LogP contribution in [0.5, 0.6) is 0 Å². The van der Waals surface area contributed by atoms with E-state index in [0.717, 1.165) is 37.7 Å². The van der Waals surface area contributed by atoms with Crippen molar-refractivity contribution in [2.75, 3.05) is 18.5 Å². The van der Waals surface area contributed by atoms with Crippen LogP contribution in [-0.2, 0) is 9.53 Å². The predicted octanol–water partition coefficient (Wildman–Crippen LogP) is 2.97. The highest BCUT2D eigenvalue weighted by Crippen LogP contribution is 2.27. The molecule has 0 bridgehead atoms. The smallest absolute Gasteiger partial charge is 0.222 e. The number of alkyl halides is 1. The van der Waals surface area contributed by atoms with Gasteiger partial charge < -0.3 is 9.64 Å². The molecule has 0 saturated carbocycles. The van der Waals surface area contributed by atoms with Crippen LogP contribution in [0.25, 0.3) is 0 Å². The first-order valence-corrected chi connectivity index (χ1v) is 8.31. The number of amides is 1. The van der Waals surface area contributed by atoms with E-state index in [0.29, 0.717) is 30.4 Å². The van der Waals surface area contributed by atoms with Gasteiger partial charge >= 0.3 is 0 Å². The Labute approximate surface area is 118 Å². The molecule has 2 rings (SSSR count). The first kappa shape index (κ1) is 14.3. The zero-order valence-corrected chi connectivity index (χ0v) is 12.8. The van der Waals surface area contributed by atoms with Gasteiger partial charge in [-0.1, -0.05) is 22.9 Å². The highest BCUT2D eigenvalue weighted by atomic mass is 79.9. The van der Waals surface area contributed by atoms with Gasteiger partial charge in [0.2, 0.25) is 5.91 Å². The zero-order chi connectivity index (χ0) is 13.0. The van der Waals surface area contributed by atoms with Gasteiger partial charge in [-0.25, -0.2) is 0 Å². The van der Waals surface area contributed by atoms with Crippen molar-refractivity contribution in [3.63, 3.8) is 0 Å². The highest BCUT2D eigenvalue weighted by Gasteiger charge is 2.33. The van der Waals surface area contributed by atoms with Crippen molar-refractivity contribution in [3.8, 4) is 0 Å². The maximum atomic E-state index is 12.3.